The summed E-state index contributed by atoms with van der Waals surface area (Å²) in [4.78, 5) is 15.1. The molecule has 2 aliphatic rings. The number of anilines is 2. The molecule has 0 unspecified atom stereocenters. The Labute approximate surface area is 167 Å². The van der Waals surface area contributed by atoms with Crippen molar-refractivity contribution in [3.63, 3.8) is 0 Å². The van der Waals surface area contributed by atoms with Crippen molar-refractivity contribution in [2.24, 2.45) is 0 Å². The lowest BCUT2D eigenvalue weighted by Crippen LogP contribution is -2.30. The van der Waals surface area contributed by atoms with Crippen LogP contribution in [0, 0.1) is 0 Å². The molecule has 1 saturated heterocycles. The summed E-state index contributed by atoms with van der Waals surface area (Å²) in [6.45, 7) is 3.16. The minimum absolute atomic E-state index is 0.0446. The molecule has 5 nitrogen and oxygen atoms in total. The van der Waals surface area contributed by atoms with Gasteiger partial charge in [-0.3, -0.25) is 4.79 Å². The van der Waals surface area contributed by atoms with Gasteiger partial charge in [0.2, 0.25) is 5.91 Å². The Morgan fingerprint density at radius 3 is 2.52 bits per heavy atom. The first-order valence-corrected chi connectivity index (χ1v) is 10.2. The second kappa shape index (κ2) is 8.21. The van der Waals surface area contributed by atoms with Crippen LogP contribution in [0.4, 0.5) is 11.4 Å². The molecule has 2 aromatic carbocycles. The number of fused-ring (bicyclic) bond motifs is 1. The Balaban J connectivity index is 1.49. The van der Waals surface area contributed by atoms with Gasteiger partial charge >= 0.3 is 0 Å². The molecular formula is C21H23BrN2O3. The average molecular weight is 431 g/mol. The molecule has 0 bridgehead atoms. The van der Waals surface area contributed by atoms with E-state index >= 15 is 0 Å². The maximum atomic E-state index is 12.7. The maximum absolute atomic E-state index is 12.7. The Kier molecular flexibility index (Phi) is 5.53. The Bertz CT molecular complexity index is 834. The van der Waals surface area contributed by atoms with Crippen molar-refractivity contribution in [1.82, 2.24) is 0 Å². The monoisotopic (exact) mass is 430 g/mol. The molecule has 1 fully saturated rings. The van der Waals surface area contributed by atoms with Crippen LogP contribution in [-0.2, 0) is 11.2 Å². The highest BCUT2D eigenvalue weighted by molar-refractivity contribution is 9.10. The van der Waals surface area contributed by atoms with Crippen LogP contribution in [0.1, 0.15) is 24.8 Å². The molecule has 0 radical (unpaired) electrons. The number of benzene rings is 2. The van der Waals surface area contributed by atoms with Gasteiger partial charge in [0.25, 0.3) is 0 Å². The normalized spacial score (nSPS) is 16.1. The Morgan fingerprint density at radius 2 is 1.74 bits per heavy atom. The number of nitrogens with zero attached hydrogens (tertiary/aromatic N) is 1. The van der Waals surface area contributed by atoms with Crippen LogP contribution in [-0.4, -0.2) is 32.2 Å². The van der Waals surface area contributed by atoms with Gasteiger partial charge in [-0.2, -0.15) is 0 Å². The molecule has 1 amide bonds. The van der Waals surface area contributed by atoms with Crippen molar-refractivity contribution < 1.29 is 14.3 Å². The predicted octanol–water partition coefficient (Wildman–Crippen LogP) is 4.39. The largest absolute Gasteiger partial charge is 0.486 e. The van der Waals surface area contributed by atoms with E-state index in [1.807, 2.05) is 30.3 Å². The van der Waals surface area contributed by atoms with Crippen molar-refractivity contribution in [3.05, 3.63) is 46.4 Å². The van der Waals surface area contributed by atoms with Gasteiger partial charge in [0.15, 0.2) is 11.5 Å². The topological polar surface area (TPSA) is 50.8 Å². The second-order valence-electron chi connectivity index (χ2n) is 6.88. The van der Waals surface area contributed by atoms with Gasteiger partial charge in [-0.25, -0.2) is 0 Å². The summed E-state index contributed by atoms with van der Waals surface area (Å²) in [6.07, 6.45) is 3.95. The highest BCUT2D eigenvalue weighted by Gasteiger charge is 2.18. The summed E-state index contributed by atoms with van der Waals surface area (Å²) in [6, 6.07) is 11.8. The van der Waals surface area contributed by atoms with Crippen molar-refractivity contribution in [2.45, 2.75) is 25.7 Å². The number of halogens is 1. The quantitative estimate of drug-likeness (QED) is 0.780. The summed E-state index contributed by atoms with van der Waals surface area (Å²) >= 11 is 3.54. The number of para-hydroxylation sites is 2. The third kappa shape index (κ3) is 4.21. The number of rotatable bonds is 4. The van der Waals surface area contributed by atoms with Gasteiger partial charge in [0, 0.05) is 17.6 Å². The zero-order valence-electron chi connectivity index (χ0n) is 15.2. The molecule has 6 heteroatoms. The van der Waals surface area contributed by atoms with Gasteiger partial charge < -0.3 is 19.7 Å². The molecule has 0 atom stereocenters. The standard InChI is InChI=1S/C21H23BrN2O3/c22-16-14-20-19(26-10-11-27-20)12-15(16)13-21(25)23-17-6-2-3-7-18(17)24-8-4-1-5-9-24/h2-3,6-7,12,14H,1,4-5,8-11,13H2,(H,23,25). The Hall–Kier alpha value is -2.21. The van der Waals surface area contributed by atoms with E-state index in [4.69, 9.17) is 9.47 Å². The fourth-order valence-electron chi connectivity index (χ4n) is 3.60. The molecule has 4 rings (SSSR count). The van der Waals surface area contributed by atoms with E-state index in [0.717, 1.165) is 34.5 Å². The molecule has 2 aromatic rings. The van der Waals surface area contributed by atoms with E-state index in [9.17, 15) is 4.79 Å². The molecule has 0 saturated carbocycles. The van der Waals surface area contributed by atoms with Gasteiger partial charge in [0.1, 0.15) is 13.2 Å². The number of amides is 1. The third-order valence-electron chi connectivity index (χ3n) is 4.94. The van der Waals surface area contributed by atoms with Gasteiger partial charge in [-0.1, -0.05) is 28.1 Å². The maximum Gasteiger partial charge on any atom is 0.228 e. The fourth-order valence-corrected chi connectivity index (χ4v) is 4.06. The fraction of sp³-hybridized carbons (Fsp3) is 0.381. The Morgan fingerprint density at radius 1 is 1.04 bits per heavy atom. The van der Waals surface area contributed by atoms with E-state index in [1.54, 1.807) is 0 Å². The van der Waals surface area contributed by atoms with Crippen LogP contribution in [0.15, 0.2) is 40.9 Å². The summed E-state index contributed by atoms with van der Waals surface area (Å²) in [5, 5.41) is 3.09. The number of carbonyl (C=O) groups excluding carboxylic acids is 1. The van der Waals surface area contributed by atoms with E-state index in [0.29, 0.717) is 24.7 Å². The minimum Gasteiger partial charge on any atom is -0.486 e. The zero-order chi connectivity index (χ0) is 18.6. The van der Waals surface area contributed by atoms with Crippen LogP contribution < -0.4 is 19.7 Å². The van der Waals surface area contributed by atoms with Gasteiger partial charge in [-0.05, 0) is 49.1 Å². The summed E-state index contributed by atoms with van der Waals surface area (Å²) in [5.74, 6) is 1.37. The lowest BCUT2D eigenvalue weighted by molar-refractivity contribution is -0.115. The number of hydrogen-bond donors (Lipinski definition) is 1. The van der Waals surface area contributed by atoms with E-state index < -0.39 is 0 Å². The van der Waals surface area contributed by atoms with Crippen molar-refractivity contribution in [1.29, 1.82) is 0 Å². The van der Waals surface area contributed by atoms with Crippen molar-refractivity contribution in [2.75, 3.05) is 36.5 Å². The SMILES string of the molecule is O=C(Cc1cc2c(cc1Br)OCCO2)Nc1ccccc1N1CCCCC1. The first-order valence-electron chi connectivity index (χ1n) is 9.42. The van der Waals surface area contributed by atoms with E-state index in [-0.39, 0.29) is 12.3 Å². The van der Waals surface area contributed by atoms with E-state index in [2.05, 4.69) is 32.2 Å². The number of carbonyl (C=O) groups is 1. The first-order chi connectivity index (χ1) is 13.2. The number of nitrogens with one attached hydrogen (secondary N) is 1. The molecule has 0 aromatic heterocycles. The molecule has 1 N–H and O–H groups in total. The van der Waals surface area contributed by atoms with Crippen LogP contribution in [0.2, 0.25) is 0 Å². The van der Waals surface area contributed by atoms with Gasteiger partial charge in [-0.15, -0.1) is 0 Å². The smallest absolute Gasteiger partial charge is 0.228 e. The third-order valence-corrected chi connectivity index (χ3v) is 5.68. The van der Waals surface area contributed by atoms with Crippen LogP contribution in [0.5, 0.6) is 11.5 Å². The highest BCUT2D eigenvalue weighted by atomic mass is 79.9. The highest BCUT2D eigenvalue weighted by Crippen LogP contribution is 2.36. The lowest BCUT2D eigenvalue weighted by atomic mass is 10.1. The molecule has 0 aliphatic carbocycles. The predicted molar refractivity (Wildman–Crippen MR) is 110 cm³/mol. The van der Waals surface area contributed by atoms with Crippen LogP contribution in [0.3, 0.4) is 0 Å². The second-order valence-corrected chi connectivity index (χ2v) is 7.73. The molecule has 0 spiro atoms. The van der Waals surface area contributed by atoms with Crippen molar-refractivity contribution in [3.8, 4) is 11.5 Å². The molecule has 142 valence electrons. The van der Waals surface area contributed by atoms with Crippen molar-refractivity contribution >= 4 is 33.2 Å². The van der Waals surface area contributed by atoms with Crippen LogP contribution in [0.25, 0.3) is 0 Å². The number of ether oxygens (including phenoxy) is 2. The summed E-state index contributed by atoms with van der Waals surface area (Å²) < 4.78 is 12.1. The minimum atomic E-state index is -0.0446. The zero-order valence-corrected chi connectivity index (χ0v) is 16.8. The molecule has 27 heavy (non-hydrogen) atoms. The summed E-state index contributed by atoms with van der Waals surface area (Å²) in [5.41, 5.74) is 2.86. The molecule has 2 heterocycles. The lowest BCUT2D eigenvalue weighted by Gasteiger charge is -2.30. The van der Waals surface area contributed by atoms with Gasteiger partial charge in [0.05, 0.1) is 17.8 Å². The average Bonchev–Trinajstić information content (AvgIpc) is 2.69. The molecular weight excluding hydrogens is 408 g/mol. The van der Waals surface area contributed by atoms with E-state index in [1.165, 1.54) is 19.3 Å². The summed E-state index contributed by atoms with van der Waals surface area (Å²) in [7, 11) is 0. The number of piperidine rings is 1. The number of hydrogen-bond acceptors (Lipinski definition) is 4. The molecule has 2 aliphatic heterocycles. The first kappa shape index (κ1) is 18.2. The van der Waals surface area contributed by atoms with Crippen LogP contribution >= 0.6 is 15.9 Å².